The fourth-order valence-corrected chi connectivity index (χ4v) is 4.87. The van der Waals surface area contributed by atoms with Gasteiger partial charge in [-0.15, -0.1) is 10.2 Å². The summed E-state index contributed by atoms with van der Waals surface area (Å²) in [6.45, 7) is 0. The summed E-state index contributed by atoms with van der Waals surface area (Å²) < 4.78 is 0.766. The highest BCUT2D eigenvalue weighted by Gasteiger charge is 2.15. The SMILES string of the molecule is O=[N+]([O-])c1ccccc1SSc1nnc(-c2ccccc2)s1. The maximum Gasteiger partial charge on any atom is 0.283 e. The van der Waals surface area contributed by atoms with Crippen molar-refractivity contribution in [1.82, 2.24) is 10.2 Å². The van der Waals surface area contributed by atoms with Crippen LogP contribution in [-0.2, 0) is 0 Å². The van der Waals surface area contributed by atoms with Gasteiger partial charge in [0.2, 0.25) is 0 Å². The van der Waals surface area contributed by atoms with E-state index in [2.05, 4.69) is 10.2 Å². The molecular formula is C14H9N3O2S3. The lowest BCUT2D eigenvalue weighted by Crippen LogP contribution is -1.88. The largest absolute Gasteiger partial charge is 0.283 e. The van der Waals surface area contributed by atoms with Crippen molar-refractivity contribution in [3.63, 3.8) is 0 Å². The molecule has 0 spiro atoms. The number of hydrogen-bond acceptors (Lipinski definition) is 7. The number of rotatable bonds is 5. The summed E-state index contributed by atoms with van der Waals surface area (Å²) in [5, 5.41) is 20.1. The van der Waals surface area contributed by atoms with Crippen LogP contribution in [0, 0.1) is 10.1 Å². The fourth-order valence-electron chi connectivity index (χ4n) is 1.70. The molecule has 0 saturated carbocycles. The highest BCUT2D eigenvalue weighted by molar-refractivity contribution is 8.77. The number of nitrogens with zero attached hydrogens (tertiary/aromatic N) is 3. The molecule has 0 unspecified atom stereocenters. The van der Waals surface area contributed by atoms with Crippen LogP contribution >= 0.6 is 32.9 Å². The van der Waals surface area contributed by atoms with Gasteiger partial charge < -0.3 is 0 Å². The number of aromatic nitrogens is 2. The number of para-hydroxylation sites is 1. The van der Waals surface area contributed by atoms with E-state index >= 15 is 0 Å². The van der Waals surface area contributed by atoms with E-state index in [1.165, 1.54) is 39.0 Å². The molecule has 0 aliphatic carbocycles. The Labute approximate surface area is 138 Å². The van der Waals surface area contributed by atoms with Crippen LogP contribution in [-0.4, -0.2) is 15.1 Å². The van der Waals surface area contributed by atoms with Crippen LogP contribution in [0.25, 0.3) is 10.6 Å². The normalized spacial score (nSPS) is 10.5. The van der Waals surface area contributed by atoms with Gasteiger partial charge in [-0.1, -0.05) is 53.8 Å². The summed E-state index contributed by atoms with van der Waals surface area (Å²) in [5.74, 6) is 0. The predicted molar refractivity (Wildman–Crippen MR) is 90.2 cm³/mol. The van der Waals surface area contributed by atoms with Gasteiger partial charge in [0.1, 0.15) is 5.01 Å². The number of nitro benzene ring substituents is 1. The smallest absolute Gasteiger partial charge is 0.258 e. The Morgan fingerprint density at radius 1 is 0.955 bits per heavy atom. The molecule has 0 atom stereocenters. The third-order valence-corrected chi connectivity index (χ3v) is 6.37. The van der Waals surface area contributed by atoms with Crippen molar-refractivity contribution in [2.75, 3.05) is 0 Å². The monoisotopic (exact) mass is 347 g/mol. The van der Waals surface area contributed by atoms with Crippen molar-refractivity contribution in [3.05, 3.63) is 64.7 Å². The lowest BCUT2D eigenvalue weighted by atomic mass is 10.2. The maximum atomic E-state index is 11.0. The second-order valence-electron chi connectivity index (χ2n) is 4.13. The molecule has 1 aromatic heterocycles. The average Bonchev–Trinajstić information content (AvgIpc) is 3.03. The number of benzene rings is 2. The molecule has 110 valence electrons. The van der Waals surface area contributed by atoms with Crippen molar-refractivity contribution < 1.29 is 4.92 Å². The van der Waals surface area contributed by atoms with Crippen LogP contribution in [0.2, 0.25) is 0 Å². The molecule has 0 N–H and O–H groups in total. The first-order chi connectivity index (χ1) is 10.7. The summed E-state index contributed by atoms with van der Waals surface area (Å²) in [6.07, 6.45) is 0. The molecular weight excluding hydrogens is 338 g/mol. The zero-order valence-electron chi connectivity index (χ0n) is 11.1. The third-order valence-electron chi connectivity index (χ3n) is 2.69. The van der Waals surface area contributed by atoms with Gasteiger partial charge >= 0.3 is 0 Å². The lowest BCUT2D eigenvalue weighted by molar-refractivity contribution is -0.387. The summed E-state index contributed by atoms with van der Waals surface area (Å²) >= 11 is 1.47. The standard InChI is InChI=1S/C14H9N3O2S3/c18-17(19)11-8-4-5-9-12(11)21-22-14-16-15-13(20-14)10-6-2-1-3-7-10/h1-9H. The van der Waals surface area contributed by atoms with E-state index in [-0.39, 0.29) is 10.6 Å². The Morgan fingerprint density at radius 2 is 1.68 bits per heavy atom. The van der Waals surface area contributed by atoms with Crippen LogP contribution in [0.15, 0.2) is 63.8 Å². The van der Waals surface area contributed by atoms with Gasteiger partial charge in [-0.05, 0) is 27.7 Å². The minimum atomic E-state index is -0.377. The minimum Gasteiger partial charge on any atom is -0.258 e. The van der Waals surface area contributed by atoms with Gasteiger partial charge in [0.05, 0.1) is 9.82 Å². The first-order valence-electron chi connectivity index (χ1n) is 6.21. The molecule has 3 aromatic rings. The highest BCUT2D eigenvalue weighted by atomic mass is 33.1. The number of hydrogen-bond donors (Lipinski definition) is 0. The summed E-state index contributed by atoms with van der Waals surface area (Å²) in [5.41, 5.74) is 1.12. The van der Waals surface area contributed by atoms with E-state index in [4.69, 9.17) is 0 Å². The predicted octanol–water partition coefficient (Wildman–Crippen LogP) is 4.91. The Morgan fingerprint density at radius 3 is 2.45 bits per heavy atom. The van der Waals surface area contributed by atoms with Crippen LogP contribution in [0.4, 0.5) is 5.69 Å². The Bertz CT molecular complexity index is 793. The van der Waals surface area contributed by atoms with Crippen LogP contribution in [0.3, 0.4) is 0 Å². The van der Waals surface area contributed by atoms with Crippen LogP contribution < -0.4 is 0 Å². The van der Waals surface area contributed by atoms with Crippen molar-refractivity contribution in [2.24, 2.45) is 0 Å². The van der Waals surface area contributed by atoms with E-state index in [0.29, 0.717) is 4.90 Å². The van der Waals surface area contributed by atoms with Crippen molar-refractivity contribution in [2.45, 2.75) is 9.24 Å². The average molecular weight is 347 g/mol. The van der Waals surface area contributed by atoms with E-state index in [1.54, 1.807) is 18.2 Å². The quantitative estimate of drug-likeness (QED) is 0.371. The molecule has 0 fully saturated rings. The molecule has 5 nitrogen and oxygen atoms in total. The summed E-state index contributed by atoms with van der Waals surface area (Å²) in [7, 11) is 2.70. The summed E-state index contributed by atoms with van der Waals surface area (Å²) in [6, 6.07) is 16.5. The van der Waals surface area contributed by atoms with Crippen molar-refractivity contribution >= 4 is 38.6 Å². The van der Waals surface area contributed by atoms with Crippen molar-refractivity contribution in [3.8, 4) is 10.6 Å². The zero-order valence-corrected chi connectivity index (χ0v) is 13.5. The Hall–Kier alpha value is -1.90. The Balaban J connectivity index is 1.73. The van der Waals surface area contributed by atoms with Gasteiger partial charge in [0.25, 0.3) is 5.69 Å². The first-order valence-corrected chi connectivity index (χ1v) is 9.17. The fraction of sp³-hybridized carbons (Fsp3) is 0. The number of nitro groups is 1. The summed E-state index contributed by atoms with van der Waals surface area (Å²) in [4.78, 5) is 11.2. The second kappa shape index (κ2) is 6.91. The molecule has 0 bridgehead atoms. The molecule has 8 heteroatoms. The van der Waals surface area contributed by atoms with E-state index < -0.39 is 0 Å². The molecule has 1 heterocycles. The van der Waals surface area contributed by atoms with E-state index in [0.717, 1.165) is 14.9 Å². The molecule has 22 heavy (non-hydrogen) atoms. The molecule has 2 aromatic carbocycles. The maximum absolute atomic E-state index is 11.0. The van der Waals surface area contributed by atoms with Crippen LogP contribution in [0.1, 0.15) is 0 Å². The zero-order chi connectivity index (χ0) is 15.4. The van der Waals surface area contributed by atoms with Crippen molar-refractivity contribution in [1.29, 1.82) is 0 Å². The van der Waals surface area contributed by atoms with E-state index in [1.807, 2.05) is 30.3 Å². The molecule has 0 aliphatic rings. The molecule has 0 radical (unpaired) electrons. The van der Waals surface area contributed by atoms with Gasteiger partial charge in [0, 0.05) is 11.6 Å². The molecule has 0 aliphatic heterocycles. The first kappa shape index (κ1) is 15.0. The van der Waals surface area contributed by atoms with Gasteiger partial charge in [-0.2, -0.15) is 0 Å². The molecule has 0 amide bonds. The minimum absolute atomic E-state index is 0.104. The molecule has 0 saturated heterocycles. The molecule has 3 rings (SSSR count). The second-order valence-corrected chi connectivity index (χ2v) is 7.53. The van der Waals surface area contributed by atoms with Gasteiger partial charge in [0.15, 0.2) is 4.34 Å². The topological polar surface area (TPSA) is 68.9 Å². The van der Waals surface area contributed by atoms with Gasteiger partial charge in [-0.3, -0.25) is 10.1 Å². The van der Waals surface area contributed by atoms with Gasteiger partial charge in [-0.25, -0.2) is 0 Å². The van der Waals surface area contributed by atoms with Crippen LogP contribution in [0.5, 0.6) is 0 Å². The highest BCUT2D eigenvalue weighted by Crippen LogP contribution is 2.43. The van der Waals surface area contributed by atoms with E-state index in [9.17, 15) is 10.1 Å². The third kappa shape index (κ3) is 3.46. The lowest BCUT2D eigenvalue weighted by Gasteiger charge is -1.99. The Kier molecular flexibility index (Phi) is 4.71.